The average Bonchev–Trinajstić information content (AvgIpc) is 2.71. The maximum atomic E-state index is 12.7. The molecule has 0 heterocycles. The second kappa shape index (κ2) is 9.73. The molecule has 30 heavy (non-hydrogen) atoms. The number of nitrogens with zero attached hydrogens (tertiary/aromatic N) is 1. The van der Waals surface area contributed by atoms with Crippen LogP contribution >= 0.6 is 0 Å². The van der Waals surface area contributed by atoms with Crippen molar-refractivity contribution in [2.75, 3.05) is 26.5 Å². The molecule has 2 N–H and O–H groups in total. The van der Waals surface area contributed by atoms with Crippen LogP contribution in [0.2, 0.25) is 0 Å². The van der Waals surface area contributed by atoms with Crippen molar-refractivity contribution >= 4 is 27.5 Å². The molecule has 0 aromatic heterocycles. The summed E-state index contributed by atoms with van der Waals surface area (Å²) in [4.78, 5) is 25.4. The molecule has 9 heteroatoms. The number of hydrogen-bond acceptors (Lipinski definition) is 5. The van der Waals surface area contributed by atoms with Gasteiger partial charge in [-0.05, 0) is 54.4 Å². The number of hydrogen-bond donors (Lipinski definition) is 2. The Labute approximate surface area is 177 Å². The molecule has 162 valence electrons. The van der Waals surface area contributed by atoms with Gasteiger partial charge in [-0.3, -0.25) is 9.59 Å². The van der Waals surface area contributed by atoms with E-state index in [1.165, 1.54) is 45.5 Å². The van der Waals surface area contributed by atoms with Crippen LogP contribution in [-0.4, -0.2) is 51.8 Å². The maximum absolute atomic E-state index is 12.7. The monoisotopic (exact) mass is 433 g/mol. The third kappa shape index (κ3) is 5.58. The largest absolute Gasteiger partial charge is 0.497 e. The lowest BCUT2D eigenvalue weighted by Crippen LogP contribution is -2.47. The Bertz CT molecular complexity index is 984. The van der Waals surface area contributed by atoms with Crippen molar-refractivity contribution in [3.05, 3.63) is 54.1 Å². The van der Waals surface area contributed by atoms with Crippen LogP contribution in [0.4, 0.5) is 5.69 Å². The van der Waals surface area contributed by atoms with Gasteiger partial charge in [0.25, 0.3) is 5.91 Å². The third-order valence-corrected chi connectivity index (χ3v) is 6.32. The van der Waals surface area contributed by atoms with Gasteiger partial charge in [0.1, 0.15) is 11.8 Å². The van der Waals surface area contributed by atoms with Crippen molar-refractivity contribution < 1.29 is 22.7 Å². The van der Waals surface area contributed by atoms with Gasteiger partial charge in [-0.1, -0.05) is 13.8 Å². The Hall–Kier alpha value is -2.91. The predicted molar refractivity (Wildman–Crippen MR) is 115 cm³/mol. The lowest BCUT2D eigenvalue weighted by atomic mass is 10.0. The first kappa shape index (κ1) is 23.4. The van der Waals surface area contributed by atoms with E-state index < -0.39 is 22.0 Å². The van der Waals surface area contributed by atoms with Crippen molar-refractivity contribution in [2.45, 2.75) is 24.8 Å². The molecule has 0 aliphatic rings. The molecule has 0 aliphatic heterocycles. The fraction of sp³-hybridized carbons (Fsp3) is 0.333. The van der Waals surface area contributed by atoms with Crippen LogP contribution in [-0.2, 0) is 14.8 Å². The highest BCUT2D eigenvalue weighted by atomic mass is 32.2. The van der Waals surface area contributed by atoms with Crippen LogP contribution in [0.25, 0.3) is 0 Å². The van der Waals surface area contributed by atoms with Gasteiger partial charge in [-0.15, -0.1) is 0 Å². The number of benzene rings is 2. The molecule has 2 aromatic carbocycles. The smallest absolute Gasteiger partial charge is 0.251 e. The van der Waals surface area contributed by atoms with E-state index in [0.29, 0.717) is 17.0 Å². The Morgan fingerprint density at radius 2 is 1.53 bits per heavy atom. The Morgan fingerprint density at radius 1 is 0.967 bits per heavy atom. The highest BCUT2D eigenvalue weighted by Gasteiger charge is 2.25. The molecule has 8 nitrogen and oxygen atoms in total. The van der Waals surface area contributed by atoms with E-state index in [4.69, 9.17) is 4.74 Å². The number of rotatable bonds is 8. The number of amides is 2. The van der Waals surface area contributed by atoms with Gasteiger partial charge in [0.2, 0.25) is 15.9 Å². The van der Waals surface area contributed by atoms with Gasteiger partial charge in [-0.25, -0.2) is 12.7 Å². The zero-order valence-corrected chi connectivity index (χ0v) is 18.5. The first-order valence-electron chi connectivity index (χ1n) is 9.34. The molecule has 0 aliphatic carbocycles. The fourth-order valence-corrected chi connectivity index (χ4v) is 3.54. The quantitative estimate of drug-likeness (QED) is 0.665. The fourth-order valence-electron chi connectivity index (χ4n) is 2.64. The predicted octanol–water partition coefficient (Wildman–Crippen LogP) is 2.34. The van der Waals surface area contributed by atoms with Gasteiger partial charge in [0.15, 0.2) is 0 Å². The summed E-state index contributed by atoms with van der Waals surface area (Å²) in [5.41, 5.74) is 0.842. The molecule has 2 aromatic rings. The van der Waals surface area contributed by atoms with Crippen molar-refractivity contribution in [1.29, 1.82) is 0 Å². The molecule has 2 rings (SSSR count). The standard InChI is InChI=1S/C21H27N3O5S/c1-14(2)19(23-20(25)15-6-10-17(29-5)11-7-15)21(26)22-16-8-12-18(13-9-16)30(27,28)24(3)4/h6-14,19H,1-5H3,(H,22,26)(H,23,25). The van der Waals surface area contributed by atoms with Gasteiger partial charge >= 0.3 is 0 Å². The Morgan fingerprint density at radius 3 is 2.00 bits per heavy atom. The highest BCUT2D eigenvalue weighted by Crippen LogP contribution is 2.18. The Balaban J connectivity index is 2.10. The lowest BCUT2D eigenvalue weighted by Gasteiger charge is -2.22. The molecule has 1 atom stereocenters. The van der Waals surface area contributed by atoms with Gasteiger partial charge in [-0.2, -0.15) is 0 Å². The number of carbonyl (C=O) groups excluding carboxylic acids is 2. The molecule has 0 spiro atoms. The highest BCUT2D eigenvalue weighted by molar-refractivity contribution is 7.89. The molecule has 0 fully saturated rings. The second-order valence-corrected chi connectivity index (χ2v) is 9.38. The Kier molecular flexibility index (Phi) is 7.58. The van der Waals surface area contributed by atoms with E-state index in [0.717, 1.165) is 4.31 Å². The van der Waals surface area contributed by atoms with Crippen LogP contribution in [0.1, 0.15) is 24.2 Å². The lowest BCUT2D eigenvalue weighted by molar-refractivity contribution is -0.118. The summed E-state index contributed by atoms with van der Waals surface area (Å²) in [6, 6.07) is 11.7. The van der Waals surface area contributed by atoms with Crippen molar-refractivity contribution in [3.63, 3.8) is 0 Å². The van der Waals surface area contributed by atoms with Crippen LogP contribution in [0.5, 0.6) is 5.75 Å². The number of sulfonamides is 1. The summed E-state index contributed by atoms with van der Waals surface area (Å²) in [7, 11) is 0.886. The zero-order chi connectivity index (χ0) is 22.5. The summed E-state index contributed by atoms with van der Waals surface area (Å²) < 4.78 is 30.5. The molecule has 0 saturated carbocycles. The zero-order valence-electron chi connectivity index (χ0n) is 17.7. The normalized spacial score (nSPS) is 12.5. The van der Waals surface area contributed by atoms with E-state index in [-0.39, 0.29) is 16.7 Å². The van der Waals surface area contributed by atoms with E-state index in [9.17, 15) is 18.0 Å². The summed E-state index contributed by atoms with van der Waals surface area (Å²) in [6.07, 6.45) is 0. The van der Waals surface area contributed by atoms with Crippen molar-refractivity contribution in [2.24, 2.45) is 5.92 Å². The van der Waals surface area contributed by atoms with Gasteiger partial charge in [0, 0.05) is 25.3 Å². The summed E-state index contributed by atoms with van der Waals surface area (Å²) in [6.45, 7) is 3.65. The van der Waals surface area contributed by atoms with E-state index in [2.05, 4.69) is 10.6 Å². The number of carbonyl (C=O) groups is 2. The topological polar surface area (TPSA) is 105 Å². The minimum Gasteiger partial charge on any atom is -0.497 e. The number of methoxy groups -OCH3 is 1. The van der Waals surface area contributed by atoms with Crippen LogP contribution < -0.4 is 15.4 Å². The van der Waals surface area contributed by atoms with Gasteiger partial charge < -0.3 is 15.4 Å². The van der Waals surface area contributed by atoms with Crippen molar-refractivity contribution in [3.8, 4) is 5.75 Å². The third-order valence-electron chi connectivity index (χ3n) is 4.49. The summed E-state index contributed by atoms with van der Waals surface area (Å²) in [5, 5.41) is 5.47. The molecule has 0 radical (unpaired) electrons. The summed E-state index contributed by atoms with van der Waals surface area (Å²) >= 11 is 0. The van der Waals surface area contributed by atoms with Crippen molar-refractivity contribution in [1.82, 2.24) is 9.62 Å². The first-order chi connectivity index (χ1) is 14.1. The molecule has 1 unspecified atom stereocenters. The SMILES string of the molecule is COc1ccc(C(=O)NC(C(=O)Nc2ccc(S(=O)(=O)N(C)C)cc2)C(C)C)cc1. The number of anilines is 1. The molecule has 2 amide bonds. The minimum atomic E-state index is -3.55. The molecular formula is C21H27N3O5S. The molecular weight excluding hydrogens is 406 g/mol. The molecule has 0 saturated heterocycles. The number of ether oxygens (including phenoxy) is 1. The average molecular weight is 434 g/mol. The number of nitrogens with one attached hydrogen (secondary N) is 2. The van der Waals surface area contributed by atoms with E-state index >= 15 is 0 Å². The van der Waals surface area contributed by atoms with Crippen LogP contribution in [0.15, 0.2) is 53.4 Å². The van der Waals surface area contributed by atoms with Crippen LogP contribution in [0.3, 0.4) is 0 Å². The maximum Gasteiger partial charge on any atom is 0.251 e. The van der Waals surface area contributed by atoms with E-state index in [1.807, 2.05) is 13.8 Å². The van der Waals surface area contributed by atoms with E-state index in [1.54, 1.807) is 24.3 Å². The summed E-state index contributed by atoms with van der Waals surface area (Å²) in [5.74, 6) is -0.306. The van der Waals surface area contributed by atoms with Crippen LogP contribution in [0, 0.1) is 5.92 Å². The minimum absolute atomic E-state index is 0.124. The van der Waals surface area contributed by atoms with Gasteiger partial charge in [0.05, 0.1) is 12.0 Å². The molecule has 0 bridgehead atoms. The first-order valence-corrected chi connectivity index (χ1v) is 10.8. The second-order valence-electron chi connectivity index (χ2n) is 7.22.